The monoisotopic (exact) mass is 276 g/mol. The highest BCUT2D eigenvalue weighted by atomic mass is 16.5. The topological polar surface area (TPSA) is 69.9 Å². The molecule has 116 valence electrons. The molecule has 0 radical (unpaired) electrons. The molecule has 1 unspecified atom stereocenters. The van der Waals surface area contributed by atoms with Crippen LogP contribution < -0.4 is 0 Å². The standard InChI is InChI=1S/C15H32O4/c1-12(2)5-6-14(19-8-7-13(3)4)15(9-16,10-17)11-18/h12-14,16-18H,5-11H2,1-4H3. The highest BCUT2D eigenvalue weighted by Gasteiger charge is 2.38. The summed E-state index contributed by atoms with van der Waals surface area (Å²) in [6, 6.07) is 0. The Morgan fingerprint density at radius 3 is 1.63 bits per heavy atom. The molecule has 3 N–H and O–H groups in total. The SMILES string of the molecule is CC(C)CCOC(CCC(C)C)C(CO)(CO)CO. The van der Waals surface area contributed by atoms with Crippen LogP contribution in [0.5, 0.6) is 0 Å². The molecule has 4 nitrogen and oxygen atoms in total. The highest BCUT2D eigenvalue weighted by Crippen LogP contribution is 2.28. The summed E-state index contributed by atoms with van der Waals surface area (Å²) in [5.41, 5.74) is -0.939. The van der Waals surface area contributed by atoms with Crippen LogP contribution in [0.4, 0.5) is 0 Å². The fraction of sp³-hybridized carbons (Fsp3) is 1.00. The zero-order valence-corrected chi connectivity index (χ0v) is 12.9. The van der Waals surface area contributed by atoms with Gasteiger partial charge < -0.3 is 20.1 Å². The first kappa shape index (κ1) is 18.8. The maximum absolute atomic E-state index is 9.52. The number of hydrogen-bond acceptors (Lipinski definition) is 4. The number of hydrogen-bond donors (Lipinski definition) is 3. The Kier molecular flexibility index (Phi) is 9.62. The minimum Gasteiger partial charge on any atom is -0.396 e. The molecule has 0 saturated carbocycles. The molecule has 0 aliphatic heterocycles. The Morgan fingerprint density at radius 1 is 0.789 bits per heavy atom. The van der Waals surface area contributed by atoms with Gasteiger partial charge in [0.25, 0.3) is 0 Å². The van der Waals surface area contributed by atoms with E-state index in [2.05, 4.69) is 27.7 Å². The fourth-order valence-corrected chi connectivity index (χ4v) is 1.95. The maximum Gasteiger partial charge on any atom is 0.0697 e. The number of ether oxygens (including phenoxy) is 1. The van der Waals surface area contributed by atoms with Crippen molar-refractivity contribution >= 4 is 0 Å². The van der Waals surface area contributed by atoms with Crippen molar-refractivity contribution in [1.82, 2.24) is 0 Å². The van der Waals surface area contributed by atoms with Crippen molar-refractivity contribution in [2.24, 2.45) is 17.3 Å². The Balaban J connectivity index is 4.61. The summed E-state index contributed by atoms with van der Waals surface area (Å²) >= 11 is 0. The van der Waals surface area contributed by atoms with Crippen molar-refractivity contribution in [3.8, 4) is 0 Å². The van der Waals surface area contributed by atoms with E-state index < -0.39 is 5.41 Å². The van der Waals surface area contributed by atoms with E-state index in [1.54, 1.807) is 0 Å². The summed E-state index contributed by atoms with van der Waals surface area (Å²) in [6.07, 6.45) is 2.34. The minimum absolute atomic E-state index is 0.259. The molecule has 1 atom stereocenters. The average Bonchev–Trinajstić information content (AvgIpc) is 2.37. The van der Waals surface area contributed by atoms with Gasteiger partial charge in [0.1, 0.15) is 0 Å². The zero-order valence-electron chi connectivity index (χ0n) is 12.9. The first-order chi connectivity index (χ1) is 8.91. The van der Waals surface area contributed by atoms with E-state index in [0.717, 1.165) is 19.3 Å². The quantitative estimate of drug-likeness (QED) is 0.538. The Labute approximate surface area is 117 Å². The Bertz CT molecular complexity index is 204. The molecule has 0 amide bonds. The molecule has 0 fully saturated rings. The molecule has 0 aromatic carbocycles. The van der Waals surface area contributed by atoms with E-state index in [9.17, 15) is 15.3 Å². The van der Waals surface area contributed by atoms with Crippen molar-refractivity contribution in [1.29, 1.82) is 0 Å². The molecule has 0 aromatic heterocycles. The normalized spacial score (nSPS) is 14.4. The van der Waals surface area contributed by atoms with Crippen molar-refractivity contribution in [2.75, 3.05) is 26.4 Å². The Morgan fingerprint density at radius 2 is 1.26 bits per heavy atom. The van der Waals surface area contributed by atoms with Gasteiger partial charge in [-0.2, -0.15) is 0 Å². The van der Waals surface area contributed by atoms with Gasteiger partial charge in [-0.05, 0) is 31.1 Å². The van der Waals surface area contributed by atoms with E-state index in [1.807, 2.05) is 0 Å². The van der Waals surface area contributed by atoms with E-state index in [1.165, 1.54) is 0 Å². The molecule has 19 heavy (non-hydrogen) atoms. The summed E-state index contributed by atoms with van der Waals surface area (Å²) in [7, 11) is 0. The second kappa shape index (κ2) is 9.70. The van der Waals surface area contributed by atoms with Gasteiger partial charge in [0.05, 0.1) is 31.3 Å². The van der Waals surface area contributed by atoms with Crippen LogP contribution in [0.3, 0.4) is 0 Å². The van der Waals surface area contributed by atoms with Crippen LogP contribution in [0, 0.1) is 17.3 Å². The van der Waals surface area contributed by atoms with Crippen LogP contribution in [-0.2, 0) is 4.74 Å². The number of aliphatic hydroxyl groups excluding tert-OH is 3. The van der Waals surface area contributed by atoms with Gasteiger partial charge in [-0.25, -0.2) is 0 Å². The molecule has 0 aromatic rings. The van der Waals surface area contributed by atoms with E-state index in [4.69, 9.17) is 4.74 Å². The van der Waals surface area contributed by atoms with Gasteiger partial charge in [-0.3, -0.25) is 0 Å². The predicted octanol–water partition coefficient (Wildman–Crippen LogP) is 1.82. The number of aliphatic hydroxyl groups is 3. The molecule has 0 rings (SSSR count). The van der Waals surface area contributed by atoms with Crippen LogP contribution in [-0.4, -0.2) is 47.9 Å². The third-order valence-corrected chi connectivity index (χ3v) is 3.65. The molecular weight excluding hydrogens is 244 g/mol. The van der Waals surface area contributed by atoms with Gasteiger partial charge in [0, 0.05) is 6.61 Å². The van der Waals surface area contributed by atoms with Gasteiger partial charge in [-0.15, -0.1) is 0 Å². The van der Waals surface area contributed by atoms with Crippen molar-refractivity contribution < 1.29 is 20.1 Å². The molecule has 4 heteroatoms. The Hall–Kier alpha value is -0.160. The maximum atomic E-state index is 9.52. The molecule has 0 aliphatic carbocycles. The van der Waals surface area contributed by atoms with Crippen LogP contribution in [0.2, 0.25) is 0 Å². The van der Waals surface area contributed by atoms with Crippen LogP contribution in [0.15, 0.2) is 0 Å². The highest BCUT2D eigenvalue weighted by molar-refractivity contribution is 4.86. The molecule has 0 heterocycles. The molecule has 0 bridgehead atoms. The summed E-state index contributed by atoms with van der Waals surface area (Å²) in [5, 5.41) is 28.6. The number of rotatable bonds is 11. The summed E-state index contributed by atoms with van der Waals surface area (Å²) in [4.78, 5) is 0. The average molecular weight is 276 g/mol. The minimum atomic E-state index is -0.939. The summed E-state index contributed by atoms with van der Waals surface area (Å²) in [6.45, 7) is 8.34. The summed E-state index contributed by atoms with van der Waals surface area (Å²) < 4.78 is 5.86. The lowest BCUT2D eigenvalue weighted by Crippen LogP contribution is -2.47. The predicted molar refractivity (Wildman–Crippen MR) is 77.0 cm³/mol. The lowest BCUT2D eigenvalue weighted by molar-refractivity contribution is -0.119. The first-order valence-corrected chi connectivity index (χ1v) is 7.36. The van der Waals surface area contributed by atoms with Crippen molar-refractivity contribution in [3.63, 3.8) is 0 Å². The van der Waals surface area contributed by atoms with Gasteiger partial charge >= 0.3 is 0 Å². The van der Waals surface area contributed by atoms with Gasteiger partial charge in [0.2, 0.25) is 0 Å². The van der Waals surface area contributed by atoms with Gasteiger partial charge in [-0.1, -0.05) is 27.7 Å². The van der Waals surface area contributed by atoms with Crippen LogP contribution in [0.1, 0.15) is 47.0 Å². The molecule has 0 aliphatic rings. The second-order valence-electron chi connectivity index (χ2n) is 6.35. The molecular formula is C15H32O4. The fourth-order valence-electron chi connectivity index (χ4n) is 1.95. The third kappa shape index (κ3) is 6.70. The van der Waals surface area contributed by atoms with E-state index in [0.29, 0.717) is 18.4 Å². The smallest absolute Gasteiger partial charge is 0.0697 e. The molecule has 0 spiro atoms. The zero-order chi connectivity index (χ0) is 14.9. The third-order valence-electron chi connectivity index (χ3n) is 3.65. The van der Waals surface area contributed by atoms with Crippen molar-refractivity contribution in [3.05, 3.63) is 0 Å². The van der Waals surface area contributed by atoms with Gasteiger partial charge in [0.15, 0.2) is 0 Å². The molecule has 0 saturated heterocycles. The summed E-state index contributed by atoms with van der Waals surface area (Å²) in [5.74, 6) is 1.09. The second-order valence-corrected chi connectivity index (χ2v) is 6.35. The van der Waals surface area contributed by atoms with E-state index >= 15 is 0 Å². The lowest BCUT2D eigenvalue weighted by atomic mass is 9.81. The largest absolute Gasteiger partial charge is 0.396 e. The van der Waals surface area contributed by atoms with Crippen LogP contribution in [0.25, 0.3) is 0 Å². The van der Waals surface area contributed by atoms with E-state index in [-0.39, 0.29) is 25.9 Å². The van der Waals surface area contributed by atoms with Crippen molar-refractivity contribution in [2.45, 2.75) is 53.1 Å². The first-order valence-electron chi connectivity index (χ1n) is 7.36. The van der Waals surface area contributed by atoms with Crippen LogP contribution >= 0.6 is 0 Å². The lowest BCUT2D eigenvalue weighted by Gasteiger charge is -2.36.